The van der Waals surface area contributed by atoms with Gasteiger partial charge in [0, 0.05) is 18.5 Å². The van der Waals surface area contributed by atoms with Crippen molar-refractivity contribution >= 4 is 11.8 Å². The number of fused-ring (bicyclic) bond motifs is 1. The number of aromatic nitrogens is 4. The van der Waals surface area contributed by atoms with E-state index >= 15 is 0 Å². The summed E-state index contributed by atoms with van der Waals surface area (Å²) in [5.41, 5.74) is 0.733. The van der Waals surface area contributed by atoms with E-state index in [1.165, 1.54) is 0 Å². The average molecular weight is 290 g/mol. The van der Waals surface area contributed by atoms with Gasteiger partial charge >= 0.3 is 0 Å². The molecule has 1 aliphatic heterocycles. The van der Waals surface area contributed by atoms with Crippen LogP contribution in [0.4, 0.5) is 5.88 Å². The molecule has 8 nitrogen and oxygen atoms in total. The summed E-state index contributed by atoms with van der Waals surface area (Å²) in [6.07, 6.45) is 3.38. The highest BCUT2D eigenvalue weighted by Crippen LogP contribution is 2.13. The van der Waals surface area contributed by atoms with Gasteiger partial charge in [0.1, 0.15) is 12.2 Å². The van der Waals surface area contributed by atoms with Gasteiger partial charge in [0.15, 0.2) is 0 Å². The van der Waals surface area contributed by atoms with Gasteiger partial charge in [-0.25, -0.2) is 9.67 Å². The molecular weight excluding hydrogens is 272 g/mol. The molecule has 2 aromatic rings. The van der Waals surface area contributed by atoms with E-state index in [4.69, 9.17) is 4.52 Å². The van der Waals surface area contributed by atoms with Crippen LogP contribution in [0.2, 0.25) is 0 Å². The molecule has 3 heterocycles. The van der Waals surface area contributed by atoms with Crippen molar-refractivity contribution < 1.29 is 9.32 Å². The normalized spacial score (nSPS) is 19.0. The molecular formula is C13H18N6O2. The summed E-state index contributed by atoms with van der Waals surface area (Å²) in [6, 6.07) is 1.56. The van der Waals surface area contributed by atoms with Crippen molar-refractivity contribution in [3.05, 3.63) is 23.9 Å². The number of hydrogen-bond donors (Lipinski definition) is 2. The first kappa shape index (κ1) is 13.7. The van der Waals surface area contributed by atoms with Crippen molar-refractivity contribution in [3.8, 4) is 0 Å². The molecule has 3 rings (SSSR count). The summed E-state index contributed by atoms with van der Waals surface area (Å²) in [5.74, 6) is 1.23. The molecule has 0 aliphatic carbocycles. The fourth-order valence-electron chi connectivity index (χ4n) is 2.46. The third-order valence-corrected chi connectivity index (χ3v) is 3.56. The predicted octanol–water partition coefficient (Wildman–Crippen LogP) is 0.506. The zero-order chi connectivity index (χ0) is 14.8. The molecule has 0 radical (unpaired) electrons. The van der Waals surface area contributed by atoms with Crippen LogP contribution in [0.3, 0.4) is 0 Å². The summed E-state index contributed by atoms with van der Waals surface area (Å²) in [5, 5.41) is 13.9. The van der Waals surface area contributed by atoms with Gasteiger partial charge in [-0.2, -0.15) is 5.10 Å². The second-order valence-electron chi connectivity index (χ2n) is 5.30. The lowest BCUT2D eigenvalue weighted by molar-refractivity contribution is -0.118. The molecule has 0 saturated heterocycles. The van der Waals surface area contributed by atoms with Crippen LogP contribution in [0.25, 0.3) is 0 Å². The van der Waals surface area contributed by atoms with Crippen LogP contribution < -0.4 is 10.6 Å². The number of anilines is 1. The first-order valence-corrected chi connectivity index (χ1v) is 6.99. The van der Waals surface area contributed by atoms with E-state index in [0.29, 0.717) is 5.88 Å². The van der Waals surface area contributed by atoms with Crippen molar-refractivity contribution in [1.82, 2.24) is 25.2 Å². The number of carbonyl (C=O) groups excluding carboxylic acids is 1. The summed E-state index contributed by atoms with van der Waals surface area (Å²) in [4.78, 5) is 16.3. The third-order valence-electron chi connectivity index (χ3n) is 3.56. The third kappa shape index (κ3) is 3.10. The molecule has 112 valence electrons. The fraction of sp³-hybridized carbons (Fsp3) is 0.538. The smallest absolute Gasteiger partial charge is 0.243 e. The SMILES string of the molecule is Cc1cc(NC(=O)C(C)NC2CCc3ncnn3C2)on1. The highest BCUT2D eigenvalue weighted by Gasteiger charge is 2.23. The number of carbonyl (C=O) groups is 1. The monoisotopic (exact) mass is 290 g/mol. The lowest BCUT2D eigenvalue weighted by Crippen LogP contribution is -2.47. The highest BCUT2D eigenvalue weighted by atomic mass is 16.5. The number of hydrogen-bond acceptors (Lipinski definition) is 6. The van der Waals surface area contributed by atoms with E-state index in [-0.39, 0.29) is 18.0 Å². The molecule has 0 spiro atoms. The number of rotatable bonds is 4. The van der Waals surface area contributed by atoms with Crippen molar-refractivity contribution in [2.75, 3.05) is 5.32 Å². The molecule has 21 heavy (non-hydrogen) atoms. The quantitative estimate of drug-likeness (QED) is 0.851. The van der Waals surface area contributed by atoms with Crippen LogP contribution in [-0.2, 0) is 17.8 Å². The van der Waals surface area contributed by atoms with Gasteiger partial charge in [-0.05, 0) is 20.3 Å². The van der Waals surface area contributed by atoms with E-state index in [0.717, 1.165) is 30.9 Å². The second-order valence-corrected chi connectivity index (χ2v) is 5.30. The predicted molar refractivity (Wildman–Crippen MR) is 74.6 cm³/mol. The first-order valence-electron chi connectivity index (χ1n) is 6.99. The number of aryl methyl sites for hydroxylation is 2. The van der Waals surface area contributed by atoms with Gasteiger partial charge in [0.05, 0.1) is 18.3 Å². The number of nitrogens with one attached hydrogen (secondary N) is 2. The topological polar surface area (TPSA) is 97.9 Å². The van der Waals surface area contributed by atoms with Crippen molar-refractivity contribution in [2.24, 2.45) is 0 Å². The number of nitrogens with zero attached hydrogens (tertiary/aromatic N) is 4. The molecule has 0 bridgehead atoms. The van der Waals surface area contributed by atoms with Gasteiger partial charge < -0.3 is 9.84 Å². The standard InChI is InChI=1S/C13H18N6O2/c1-8-5-12(21-18-8)17-13(20)9(2)16-10-3-4-11-14-7-15-19(11)6-10/h5,7,9-10,16H,3-4,6H2,1-2H3,(H,17,20). The van der Waals surface area contributed by atoms with Gasteiger partial charge in [-0.15, -0.1) is 0 Å². The number of amides is 1. The Labute approximate surface area is 121 Å². The van der Waals surface area contributed by atoms with Gasteiger partial charge in [-0.1, -0.05) is 5.16 Å². The van der Waals surface area contributed by atoms with Crippen LogP contribution in [0.1, 0.15) is 24.9 Å². The molecule has 2 atom stereocenters. The molecule has 8 heteroatoms. The highest BCUT2D eigenvalue weighted by molar-refractivity contribution is 5.93. The average Bonchev–Trinajstić information content (AvgIpc) is 3.07. The fourth-order valence-corrected chi connectivity index (χ4v) is 2.46. The van der Waals surface area contributed by atoms with Crippen LogP contribution >= 0.6 is 0 Å². The largest absolute Gasteiger partial charge is 0.338 e. The van der Waals surface area contributed by atoms with E-state index in [1.807, 2.05) is 11.6 Å². The van der Waals surface area contributed by atoms with Crippen molar-refractivity contribution in [2.45, 2.75) is 45.3 Å². The maximum absolute atomic E-state index is 12.1. The summed E-state index contributed by atoms with van der Waals surface area (Å²) < 4.78 is 6.86. The lowest BCUT2D eigenvalue weighted by Gasteiger charge is -2.26. The Morgan fingerprint density at radius 3 is 3.19 bits per heavy atom. The van der Waals surface area contributed by atoms with Crippen molar-refractivity contribution in [1.29, 1.82) is 0 Å². The maximum atomic E-state index is 12.1. The molecule has 0 saturated carbocycles. The molecule has 2 N–H and O–H groups in total. The minimum atomic E-state index is -0.328. The van der Waals surface area contributed by atoms with Crippen LogP contribution in [0.15, 0.2) is 16.9 Å². The Hall–Kier alpha value is -2.22. The van der Waals surface area contributed by atoms with Gasteiger partial charge in [0.25, 0.3) is 0 Å². The molecule has 2 unspecified atom stereocenters. The lowest BCUT2D eigenvalue weighted by atomic mass is 10.1. The maximum Gasteiger partial charge on any atom is 0.243 e. The van der Waals surface area contributed by atoms with Crippen LogP contribution in [-0.4, -0.2) is 37.9 Å². The zero-order valence-electron chi connectivity index (χ0n) is 12.0. The minimum Gasteiger partial charge on any atom is -0.338 e. The molecule has 0 aromatic carbocycles. The van der Waals surface area contributed by atoms with E-state index in [9.17, 15) is 4.79 Å². The molecule has 0 fully saturated rings. The minimum absolute atomic E-state index is 0.143. The Morgan fingerprint density at radius 2 is 2.43 bits per heavy atom. The van der Waals surface area contributed by atoms with Gasteiger partial charge in [0.2, 0.25) is 11.8 Å². The molecule has 1 amide bonds. The van der Waals surface area contributed by atoms with Crippen LogP contribution in [0.5, 0.6) is 0 Å². The van der Waals surface area contributed by atoms with Crippen molar-refractivity contribution in [3.63, 3.8) is 0 Å². The van der Waals surface area contributed by atoms with E-state index in [2.05, 4.69) is 25.9 Å². The molecule has 2 aromatic heterocycles. The van der Waals surface area contributed by atoms with Gasteiger partial charge in [-0.3, -0.25) is 10.1 Å². The Morgan fingerprint density at radius 1 is 1.57 bits per heavy atom. The Bertz CT molecular complexity index is 634. The first-order chi connectivity index (χ1) is 10.1. The summed E-state index contributed by atoms with van der Waals surface area (Å²) in [6.45, 7) is 4.36. The Kier molecular flexibility index (Phi) is 3.70. The Balaban J connectivity index is 1.54. The second kappa shape index (κ2) is 5.65. The molecule has 1 aliphatic rings. The zero-order valence-corrected chi connectivity index (χ0v) is 12.0. The van der Waals surface area contributed by atoms with E-state index < -0.39 is 0 Å². The van der Waals surface area contributed by atoms with Crippen LogP contribution in [0, 0.1) is 6.92 Å². The summed E-state index contributed by atoms with van der Waals surface area (Å²) in [7, 11) is 0. The van der Waals surface area contributed by atoms with E-state index in [1.54, 1.807) is 19.3 Å². The summed E-state index contributed by atoms with van der Waals surface area (Å²) >= 11 is 0.